The van der Waals surface area contributed by atoms with Gasteiger partial charge in [-0.2, -0.15) is 0 Å². The van der Waals surface area contributed by atoms with Crippen molar-refractivity contribution < 1.29 is 8.81 Å². The Bertz CT molecular complexity index is 540. The summed E-state index contributed by atoms with van der Waals surface area (Å²) in [5.41, 5.74) is 0.404. The standard InChI is InChI=1S/C12H13ClFN3O/c1-3-9(15-2)12-17-16-11(18-12)7-5-4-6-8(14)10(7)13/h4-6,9,15H,3H2,1-2H3. The fraction of sp³-hybridized carbons (Fsp3) is 0.333. The number of hydrogen-bond donors (Lipinski definition) is 1. The molecular formula is C12H13ClFN3O. The molecule has 1 N–H and O–H groups in total. The topological polar surface area (TPSA) is 51.0 Å². The maximum absolute atomic E-state index is 13.3. The molecule has 1 unspecified atom stereocenters. The van der Waals surface area contributed by atoms with Gasteiger partial charge in [0, 0.05) is 0 Å². The summed E-state index contributed by atoms with van der Waals surface area (Å²) in [7, 11) is 1.81. The first-order valence-corrected chi connectivity index (χ1v) is 6.00. The Morgan fingerprint density at radius 2 is 2.22 bits per heavy atom. The van der Waals surface area contributed by atoms with Gasteiger partial charge in [0.1, 0.15) is 5.82 Å². The van der Waals surface area contributed by atoms with Gasteiger partial charge in [-0.1, -0.05) is 24.6 Å². The molecule has 2 rings (SSSR count). The summed E-state index contributed by atoms with van der Waals surface area (Å²) >= 11 is 5.87. The highest BCUT2D eigenvalue weighted by Crippen LogP contribution is 2.30. The molecule has 0 aliphatic heterocycles. The summed E-state index contributed by atoms with van der Waals surface area (Å²) < 4.78 is 18.8. The van der Waals surface area contributed by atoms with Crippen molar-refractivity contribution in [1.82, 2.24) is 15.5 Å². The van der Waals surface area contributed by atoms with Gasteiger partial charge in [0.05, 0.1) is 16.6 Å². The van der Waals surface area contributed by atoms with Gasteiger partial charge < -0.3 is 9.73 Å². The van der Waals surface area contributed by atoms with Gasteiger partial charge in [-0.15, -0.1) is 10.2 Å². The van der Waals surface area contributed by atoms with E-state index in [0.717, 1.165) is 6.42 Å². The molecule has 0 saturated carbocycles. The third-order valence-electron chi connectivity index (χ3n) is 2.68. The molecule has 6 heteroatoms. The second-order valence-electron chi connectivity index (χ2n) is 3.80. The summed E-state index contributed by atoms with van der Waals surface area (Å²) in [6.07, 6.45) is 0.815. The summed E-state index contributed by atoms with van der Waals surface area (Å²) in [5.74, 6) is 0.188. The molecule has 18 heavy (non-hydrogen) atoms. The average molecular weight is 270 g/mol. The van der Waals surface area contributed by atoms with E-state index in [1.54, 1.807) is 12.1 Å². The van der Waals surface area contributed by atoms with Crippen molar-refractivity contribution in [2.24, 2.45) is 0 Å². The fourth-order valence-electron chi connectivity index (χ4n) is 1.66. The number of benzene rings is 1. The van der Waals surface area contributed by atoms with Crippen LogP contribution >= 0.6 is 11.6 Å². The first kappa shape index (κ1) is 13.0. The van der Waals surface area contributed by atoms with Crippen LogP contribution < -0.4 is 5.32 Å². The van der Waals surface area contributed by atoms with Crippen LogP contribution in [0.4, 0.5) is 4.39 Å². The van der Waals surface area contributed by atoms with Crippen LogP contribution in [0.15, 0.2) is 22.6 Å². The second-order valence-corrected chi connectivity index (χ2v) is 4.17. The van der Waals surface area contributed by atoms with Gasteiger partial charge in [-0.3, -0.25) is 0 Å². The minimum Gasteiger partial charge on any atom is -0.419 e. The lowest BCUT2D eigenvalue weighted by atomic mass is 10.2. The molecule has 1 aromatic carbocycles. The third-order valence-corrected chi connectivity index (χ3v) is 3.06. The van der Waals surface area contributed by atoms with Crippen LogP contribution in [0.25, 0.3) is 11.5 Å². The zero-order chi connectivity index (χ0) is 13.1. The van der Waals surface area contributed by atoms with Gasteiger partial charge in [0.15, 0.2) is 0 Å². The van der Waals surface area contributed by atoms with E-state index in [2.05, 4.69) is 15.5 Å². The Labute approximate surface area is 109 Å². The SMILES string of the molecule is CCC(NC)c1nnc(-c2cccc(F)c2Cl)o1. The van der Waals surface area contributed by atoms with Crippen LogP contribution in [-0.2, 0) is 0 Å². The van der Waals surface area contributed by atoms with E-state index in [1.807, 2.05) is 14.0 Å². The van der Waals surface area contributed by atoms with E-state index < -0.39 is 5.82 Å². The first-order valence-electron chi connectivity index (χ1n) is 5.62. The molecule has 0 bridgehead atoms. The summed E-state index contributed by atoms with van der Waals surface area (Å²) in [4.78, 5) is 0. The van der Waals surface area contributed by atoms with E-state index in [-0.39, 0.29) is 17.0 Å². The number of aromatic nitrogens is 2. The highest BCUT2D eigenvalue weighted by molar-refractivity contribution is 6.33. The Kier molecular flexibility index (Phi) is 3.93. The van der Waals surface area contributed by atoms with Crippen LogP contribution in [-0.4, -0.2) is 17.2 Å². The molecule has 0 aliphatic rings. The lowest BCUT2D eigenvalue weighted by Crippen LogP contribution is -2.15. The highest BCUT2D eigenvalue weighted by atomic mass is 35.5. The normalized spacial score (nSPS) is 12.7. The number of nitrogens with zero attached hydrogens (tertiary/aromatic N) is 2. The molecule has 0 saturated heterocycles. The van der Waals surface area contributed by atoms with Crippen LogP contribution in [0, 0.1) is 5.82 Å². The van der Waals surface area contributed by atoms with E-state index in [0.29, 0.717) is 11.5 Å². The lowest BCUT2D eigenvalue weighted by Gasteiger charge is -2.07. The Morgan fingerprint density at radius 1 is 1.44 bits per heavy atom. The zero-order valence-electron chi connectivity index (χ0n) is 10.1. The average Bonchev–Trinajstić information content (AvgIpc) is 2.84. The number of rotatable bonds is 4. The van der Waals surface area contributed by atoms with E-state index in [9.17, 15) is 4.39 Å². The Balaban J connectivity index is 2.38. The van der Waals surface area contributed by atoms with Crippen LogP contribution in [0.2, 0.25) is 5.02 Å². The lowest BCUT2D eigenvalue weighted by molar-refractivity contribution is 0.415. The smallest absolute Gasteiger partial charge is 0.249 e. The Morgan fingerprint density at radius 3 is 2.89 bits per heavy atom. The van der Waals surface area contributed by atoms with Gasteiger partial charge in [0.2, 0.25) is 11.8 Å². The molecule has 96 valence electrons. The van der Waals surface area contributed by atoms with E-state index in [1.165, 1.54) is 6.07 Å². The predicted octanol–water partition coefficient (Wildman–Crippen LogP) is 3.20. The van der Waals surface area contributed by atoms with E-state index >= 15 is 0 Å². The van der Waals surface area contributed by atoms with E-state index in [4.69, 9.17) is 16.0 Å². The van der Waals surface area contributed by atoms with Crippen LogP contribution in [0.3, 0.4) is 0 Å². The molecule has 0 spiro atoms. The van der Waals surface area contributed by atoms with Crippen LogP contribution in [0.1, 0.15) is 25.3 Å². The molecule has 0 amide bonds. The van der Waals surface area contributed by atoms with Gasteiger partial charge >= 0.3 is 0 Å². The van der Waals surface area contributed by atoms with Crippen molar-refractivity contribution in [1.29, 1.82) is 0 Å². The molecule has 1 heterocycles. The van der Waals surface area contributed by atoms with Crippen LogP contribution in [0.5, 0.6) is 0 Å². The van der Waals surface area contributed by atoms with Gasteiger partial charge in [-0.05, 0) is 25.6 Å². The van der Waals surface area contributed by atoms with Gasteiger partial charge in [0.25, 0.3) is 0 Å². The molecule has 0 radical (unpaired) electrons. The minimum absolute atomic E-state index is 0.00907. The predicted molar refractivity (Wildman–Crippen MR) is 66.8 cm³/mol. The molecule has 1 atom stereocenters. The quantitative estimate of drug-likeness (QED) is 0.926. The molecule has 2 aromatic rings. The maximum atomic E-state index is 13.3. The van der Waals surface area contributed by atoms with Crippen molar-refractivity contribution >= 4 is 11.6 Å². The molecule has 0 fully saturated rings. The molecule has 0 aliphatic carbocycles. The number of nitrogens with one attached hydrogen (secondary N) is 1. The largest absolute Gasteiger partial charge is 0.419 e. The minimum atomic E-state index is -0.505. The summed E-state index contributed by atoms with van der Waals surface area (Å²) in [6.45, 7) is 2.00. The number of halogens is 2. The van der Waals surface area contributed by atoms with Crippen molar-refractivity contribution in [3.63, 3.8) is 0 Å². The highest BCUT2D eigenvalue weighted by Gasteiger charge is 2.18. The fourth-order valence-corrected chi connectivity index (χ4v) is 1.86. The molecule has 4 nitrogen and oxygen atoms in total. The second kappa shape index (κ2) is 5.46. The van der Waals surface area contributed by atoms with Crippen molar-refractivity contribution in [2.75, 3.05) is 7.05 Å². The number of hydrogen-bond acceptors (Lipinski definition) is 4. The zero-order valence-corrected chi connectivity index (χ0v) is 10.8. The van der Waals surface area contributed by atoms with Crippen molar-refractivity contribution in [3.8, 4) is 11.5 Å². The van der Waals surface area contributed by atoms with Crippen molar-refractivity contribution in [2.45, 2.75) is 19.4 Å². The summed E-state index contributed by atoms with van der Waals surface area (Å²) in [5, 5.41) is 10.9. The first-order chi connectivity index (χ1) is 8.67. The Hall–Kier alpha value is -1.46. The maximum Gasteiger partial charge on any atom is 0.249 e. The third kappa shape index (κ3) is 2.37. The molecule has 1 aromatic heterocycles. The van der Waals surface area contributed by atoms with Gasteiger partial charge in [-0.25, -0.2) is 4.39 Å². The molecular weight excluding hydrogens is 257 g/mol. The monoisotopic (exact) mass is 269 g/mol. The summed E-state index contributed by atoms with van der Waals surface area (Å²) in [6, 6.07) is 4.46. The van der Waals surface area contributed by atoms with Crippen molar-refractivity contribution in [3.05, 3.63) is 34.9 Å².